The molecule has 3 heteroatoms. The van der Waals surface area contributed by atoms with Crippen molar-refractivity contribution < 1.29 is 9.53 Å². The van der Waals surface area contributed by atoms with Crippen LogP contribution in [0.25, 0.3) is 11.1 Å². The van der Waals surface area contributed by atoms with Crippen LogP contribution in [0.5, 0.6) is 5.75 Å². The highest BCUT2D eigenvalue weighted by molar-refractivity contribution is 9.10. The minimum Gasteiger partial charge on any atom is -0.425 e. The van der Waals surface area contributed by atoms with Crippen molar-refractivity contribution in [1.82, 2.24) is 0 Å². The van der Waals surface area contributed by atoms with E-state index >= 15 is 0 Å². The predicted molar refractivity (Wildman–Crippen MR) is 80.1 cm³/mol. The molecular formula is C16H15BrO2. The molecule has 0 aliphatic rings. The van der Waals surface area contributed by atoms with Gasteiger partial charge >= 0.3 is 5.97 Å². The van der Waals surface area contributed by atoms with Crippen LogP contribution in [0.3, 0.4) is 0 Å². The minimum atomic E-state index is -0.198. The average Bonchev–Trinajstić information content (AvgIpc) is 2.42. The van der Waals surface area contributed by atoms with Crippen LogP contribution in [0.15, 0.2) is 53.0 Å². The van der Waals surface area contributed by atoms with Gasteiger partial charge in [-0.05, 0) is 45.6 Å². The summed E-state index contributed by atoms with van der Waals surface area (Å²) in [7, 11) is 0. The van der Waals surface area contributed by atoms with E-state index in [2.05, 4.69) is 15.9 Å². The van der Waals surface area contributed by atoms with E-state index in [9.17, 15) is 4.79 Å². The Morgan fingerprint density at radius 3 is 2.47 bits per heavy atom. The summed E-state index contributed by atoms with van der Waals surface area (Å²) in [6, 6.07) is 15.8. The van der Waals surface area contributed by atoms with Crippen LogP contribution in [-0.4, -0.2) is 5.97 Å². The molecule has 0 amide bonds. The van der Waals surface area contributed by atoms with E-state index in [1.165, 1.54) is 0 Å². The first-order chi connectivity index (χ1) is 9.20. The third-order valence-electron chi connectivity index (χ3n) is 2.72. The second-order valence-electron chi connectivity index (χ2n) is 4.24. The van der Waals surface area contributed by atoms with Gasteiger partial charge in [-0.25, -0.2) is 0 Å². The summed E-state index contributed by atoms with van der Waals surface area (Å²) < 4.78 is 6.08. The average molecular weight is 319 g/mol. The first kappa shape index (κ1) is 13.8. The second kappa shape index (κ2) is 6.53. The highest BCUT2D eigenvalue weighted by Crippen LogP contribution is 2.30. The molecule has 0 radical (unpaired) electrons. The lowest BCUT2D eigenvalue weighted by Crippen LogP contribution is -2.07. The summed E-state index contributed by atoms with van der Waals surface area (Å²) in [5.74, 6) is 0.369. The molecule has 0 aromatic heterocycles. The van der Waals surface area contributed by atoms with Crippen molar-refractivity contribution in [2.45, 2.75) is 19.8 Å². The predicted octanol–water partition coefficient (Wildman–Crippen LogP) is 4.82. The molecule has 0 saturated heterocycles. The highest BCUT2D eigenvalue weighted by Gasteiger charge is 2.08. The lowest BCUT2D eigenvalue weighted by molar-refractivity contribution is -0.134. The first-order valence-electron chi connectivity index (χ1n) is 6.26. The third kappa shape index (κ3) is 3.67. The topological polar surface area (TPSA) is 26.3 Å². The highest BCUT2D eigenvalue weighted by atomic mass is 79.9. The van der Waals surface area contributed by atoms with Gasteiger partial charge < -0.3 is 4.74 Å². The van der Waals surface area contributed by atoms with Crippen LogP contribution < -0.4 is 4.74 Å². The number of halogens is 1. The van der Waals surface area contributed by atoms with Crippen molar-refractivity contribution in [2.75, 3.05) is 0 Å². The molecule has 19 heavy (non-hydrogen) atoms. The number of hydrogen-bond acceptors (Lipinski definition) is 2. The van der Waals surface area contributed by atoms with Gasteiger partial charge in [0.2, 0.25) is 0 Å². The second-order valence-corrected chi connectivity index (χ2v) is 5.09. The number of hydrogen-bond donors (Lipinski definition) is 0. The molecule has 0 saturated carbocycles. The maximum atomic E-state index is 11.5. The first-order valence-corrected chi connectivity index (χ1v) is 7.05. The molecule has 2 aromatic carbocycles. The Labute approximate surface area is 121 Å². The smallest absolute Gasteiger partial charge is 0.311 e. The third-order valence-corrected chi connectivity index (χ3v) is 3.34. The summed E-state index contributed by atoms with van der Waals surface area (Å²) in [6.45, 7) is 1.95. The molecule has 0 fully saturated rings. The number of esters is 1. The summed E-state index contributed by atoms with van der Waals surface area (Å²) in [5.41, 5.74) is 2.22. The van der Waals surface area contributed by atoms with Gasteiger partial charge in [0.1, 0.15) is 5.75 Å². The molecule has 0 spiro atoms. The Morgan fingerprint density at radius 2 is 1.84 bits per heavy atom. The zero-order valence-electron chi connectivity index (χ0n) is 10.7. The molecule has 2 nitrogen and oxygen atoms in total. The molecule has 0 atom stereocenters. The molecule has 0 unspecified atom stereocenters. The van der Waals surface area contributed by atoms with E-state index in [1.54, 1.807) is 0 Å². The van der Waals surface area contributed by atoms with Crippen LogP contribution >= 0.6 is 15.9 Å². The van der Waals surface area contributed by atoms with Crippen molar-refractivity contribution in [3.8, 4) is 16.9 Å². The fourth-order valence-corrected chi connectivity index (χ4v) is 2.23. The van der Waals surface area contributed by atoms with Gasteiger partial charge in [0.25, 0.3) is 0 Å². The van der Waals surface area contributed by atoms with Gasteiger partial charge in [0.15, 0.2) is 0 Å². The van der Waals surface area contributed by atoms with Crippen molar-refractivity contribution >= 4 is 21.9 Å². The Kier molecular flexibility index (Phi) is 4.74. The lowest BCUT2D eigenvalue weighted by Gasteiger charge is -2.08. The Morgan fingerprint density at radius 1 is 1.11 bits per heavy atom. The summed E-state index contributed by atoms with van der Waals surface area (Å²) >= 11 is 3.45. The number of rotatable bonds is 4. The van der Waals surface area contributed by atoms with E-state index in [-0.39, 0.29) is 5.97 Å². The van der Waals surface area contributed by atoms with Crippen LogP contribution in [-0.2, 0) is 4.79 Å². The van der Waals surface area contributed by atoms with Crippen molar-refractivity contribution in [2.24, 2.45) is 0 Å². The Bertz CT molecular complexity index is 564. The molecule has 98 valence electrons. The summed E-state index contributed by atoms with van der Waals surface area (Å²) in [5, 5.41) is 0. The standard InChI is InChI=1S/C16H15BrO2/c1-2-6-16(18)19-15-10-9-13(11-14(15)17)12-7-4-3-5-8-12/h3-5,7-11H,2,6H2,1H3. The number of carbonyl (C=O) groups excluding carboxylic acids is 1. The number of ether oxygens (including phenoxy) is 1. The van der Waals surface area contributed by atoms with Crippen LogP contribution in [0.1, 0.15) is 19.8 Å². The number of benzene rings is 2. The van der Waals surface area contributed by atoms with Gasteiger partial charge in [0, 0.05) is 6.42 Å². The van der Waals surface area contributed by atoms with E-state index in [0.29, 0.717) is 12.2 Å². The molecule has 2 aromatic rings. The maximum Gasteiger partial charge on any atom is 0.311 e. The molecule has 0 aliphatic heterocycles. The fraction of sp³-hybridized carbons (Fsp3) is 0.188. The summed E-state index contributed by atoms with van der Waals surface area (Å²) in [4.78, 5) is 11.5. The number of carbonyl (C=O) groups is 1. The van der Waals surface area contributed by atoms with E-state index < -0.39 is 0 Å². The molecule has 0 bridgehead atoms. The van der Waals surface area contributed by atoms with Crippen LogP contribution in [0.2, 0.25) is 0 Å². The van der Waals surface area contributed by atoms with Gasteiger partial charge in [-0.1, -0.05) is 43.3 Å². The molecule has 0 aliphatic carbocycles. The molecule has 2 rings (SSSR count). The van der Waals surface area contributed by atoms with Crippen LogP contribution in [0.4, 0.5) is 0 Å². The van der Waals surface area contributed by atoms with Gasteiger partial charge in [0.05, 0.1) is 4.47 Å². The van der Waals surface area contributed by atoms with Gasteiger partial charge in [-0.15, -0.1) is 0 Å². The SMILES string of the molecule is CCCC(=O)Oc1ccc(-c2ccccc2)cc1Br. The van der Waals surface area contributed by atoms with E-state index in [0.717, 1.165) is 22.0 Å². The van der Waals surface area contributed by atoms with Crippen LogP contribution in [0, 0.1) is 0 Å². The largest absolute Gasteiger partial charge is 0.425 e. The monoisotopic (exact) mass is 318 g/mol. The zero-order valence-corrected chi connectivity index (χ0v) is 12.3. The zero-order chi connectivity index (χ0) is 13.7. The van der Waals surface area contributed by atoms with Gasteiger partial charge in [-0.2, -0.15) is 0 Å². The quantitative estimate of drug-likeness (QED) is 0.596. The molecule has 0 N–H and O–H groups in total. The van der Waals surface area contributed by atoms with Crippen molar-refractivity contribution in [1.29, 1.82) is 0 Å². The molecular weight excluding hydrogens is 304 g/mol. The fourth-order valence-electron chi connectivity index (χ4n) is 1.77. The normalized spacial score (nSPS) is 10.2. The van der Waals surface area contributed by atoms with Crippen molar-refractivity contribution in [3.05, 3.63) is 53.0 Å². The molecule has 0 heterocycles. The van der Waals surface area contributed by atoms with Crippen molar-refractivity contribution in [3.63, 3.8) is 0 Å². The Balaban J connectivity index is 2.20. The van der Waals surface area contributed by atoms with E-state index in [4.69, 9.17) is 4.74 Å². The van der Waals surface area contributed by atoms with E-state index in [1.807, 2.05) is 55.5 Å². The Hall–Kier alpha value is -1.61. The van der Waals surface area contributed by atoms with Gasteiger partial charge in [-0.3, -0.25) is 4.79 Å². The minimum absolute atomic E-state index is 0.198. The lowest BCUT2D eigenvalue weighted by atomic mass is 10.1. The maximum absolute atomic E-state index is 11.5. The summed E-state index contributed by atoms with van der Waals surface area (Å²) in [6.07, 6.45) is 1.23.